The maximum atomic E-state index is 11.5. The predicted octanol–water partition coefficient (Wildman–Crippen LogP) is 0.272. The number of amides is 1. The van der Waals surface area contributed by atoms with E-state index in [4.69, 9.17) is 14.0 Å². The first-order valence-electron chi connectivity index (χ1n) is 7.92. The van der Waals surface area contributed by atoms with Crippen molar-refractivity contribution in [1.82, 2.24) is 5.32 Å². The molecule has 0 heterocycles. The minimum atomic E-state index is -4.23. The van der Waals surface area contributed by atoms with Gasteiger partial charge in [0.15, 0.2) is 6.29 Å². The highest BCUT2D eigenvalue weighted by atomic mass is 32.2. The molecule has 0 spiro atoms. The first-order chi connectivity index (χ1) is 12.1. The Bertz CT molecular complexity index is 701. The fourth-order valence-electron chi connectivity index (χ4n) is 2.11. The van der Waals surface area contributed by atoms with Crippen LogP contribution in [-0.2, 0) is 30.9 Å². The van der Waals surface area contributed by atoms with Crippen molar-refractivity contribution in [3.63, 3.8) is 0 Å². The minimum absolute atomic E-state index is 0.204. The molecular weight excluding hydrogens is 366 g/mol. The maximum Gasteiger partial charge on any atom is 0.312 e. The second kappa shape index (κ2) is 10.2. The number of rotatable bonds is 10. The van der Waals surface area contributed by atoms with Gasteiger partial charge < -0.3 is 19.9 Å². The van der Waals surface area contributed by atoms with E-state index in [0.29, 0.717) is 0 Å². The van der Waals surface area contributed by atoms with Gasteiger partial charge in [-0.25, -0.2) is 0 Å². The van der Waals surface area contributed by atoms with Crippen LogP contribution < -0.4 is 10.1 Å². The lowest BCUT2D eigenvalue weighted by Gasteiger charge is -2.23. The Morgan fingerprint density at radius 2 is 1.85 bits per heavy atom. The summed E-state index contributed by atoms with van der Waals surface area (Å²) >= 11 is 0. The van der Waals surface area contributed by atoms with E-state index >= 15 is 0 Å². The number of carbonyl (C=O) groups is 2. The van der Waals surface area contributed by atoms with Crippen molar-refractivity contribution in [3.8, 4) is 5.75 Å². The molecule has 146 valence electrons. The van der Waals surface area contributed by atoms with Gasteiger partial charge in [-0.05, 0) is 31.0 Å². The summed E-state index contributed by atoms with van der Waals surface area (Å²) in [4.78, 5) is 22.8. The lowest BCUT2D eigenvalue weighted by Crippen LogP contribution is -2.45. The van der Waals surface area contributed by atoms with Crippen molar-refractivity contribution in [3.05, 3.63) is 29.8 Å². The van der Waals surface area contributed by atoms with E-state index in [9.17, 15) is 23.1 Å². The van der Waals surface area contributed by atoms with Crippen LogP contribution in [-0.4, -0.2) is 54.6 Å². The molecule has 0 fully saturated rings. The number of aliphatic hydroxyl groups excluding tert-OH is 1. The highest BCUT2D eigenvalue weighted by Gasteiger charge is 2.21. The lowest BCUT2D eigenvalue weighted by atomic mass is 10.1. The van der Waals surface area contributed by atoms with Crippen LogP contribution in [0.3, 0.4) is 0 Å². The first kappa shape index (κ1) is 22.0. The third-order valence-corrected chi connectivity index (χ3v) is 3.97. The van der Waals surface area contributed by atoms with Crippen LogP contribution in [0.15, 0.2) is 24.3 Å². The van der Waals surface area contributed by atoms with E-state index in [2.05, 4.69) is 5.32 Å². The topological polar surface area (TPSA) is 139 Å². The Labute approximate surface area is 152 Å². The van der Waals surface area contributed by atoms with Crippen molar-refractivity contribution >= 4 is 22.0 Å². The molecule has 9 nitrogen and oxygen atoms in total. The van der Waals surface area contributed by atoms with E-state index in [1.165, 1.54) is 19.1 Å². The van der Waals surface area contributed by atoms with Crippen LogP contribution in [0.5, 0.6) is 5.75 Å². The summed E-state index contributed by atoms with van der Waals surface area (Å²) in [5.41, 5.74) is 0.750. The number of carbonyl (C=O) groups excluding carboxylic acids is 2. The number of esters is 1. The summed E-state index contributed by atoms with van der Waals surface area (Å²) in [5.74, 6) is -1.61. The number of hydrogen-bond acceptors (Lipinski definition) is 7. The Balaban J connectivity index is 2.66. The van der Waals surface area contributed by atoms with Gasteiger partial charge in [0.25, 0.3) is 10.1 Å². The summed E-state index contributed by atoms with van der Waals surface area (Å²) in [6.45, 7) is 3.34. The van der Waals surface area contributed by atoms with Crippen molar-refractivity contribution in [1.29, 1.82) is 0 Å². The smallest absolute Gasteiger partial charge is 0.312 e. The normalized spacial score (nSPS) is 13.7. The van der Waals surface area contributed by atoms with Gasteiger partial charge in [0.05, 0.1) is 18.2 Å². The molecule has 1 rings (SSSR count). The van der Waals surface area contributed by atoms with Crippen LogP contribution in [0.1, 0.15) is 25.8 Å². The fourth-order valence-corrected chi connectivity index (χ4v) is 2.54. The largest absolute Gasteiger partial charge is 0.427 e. The molecule has 0 saturated heterocycles. The van der Waals surface area contributed by atoms with Gasteiger partial charge in [0.1, 0.15) is 5.75 Å². The van der Waals surface area contributed by atoms with E-state index in [1.807, 2.05) is 0 Å². The SMILES string of the molecule is CCOC(O)C(Cc1ccc(OC(=O)CCS(=O)(=O)O)cc1)NC(C)=O. The van der Waals surface area contributed by atoms with Gasteiger partial charge in [-0.1, -0.05) is 12.1 Å². The molecule has 0 aliphatic rings. The molecule has 2 atom stereocenters. The quantitative estimate of drug-likeness (QED) is 0.224. The van der Waals surface area contributed by atoms with Crippen LogP contribution >= 0.6 is 0 Å². The lowest BCUT2D eigenvalue weighted by molar-refractivity contribution is -0.134. The Morgan fingerprint density at radius 1 is 1.23 bits per heavy atom. The van der Waals surface area contributed by atoms with Crippen LogP contribution in [0, 0.1) is 0 Å². The van der Waals surface area contributed by atoms with Crippen molar-refractivity contribution < 1.29 is 37.1 Å². The second-order valence-electron chi connectivity index (χ2n) is 5.51. The van der Waals surface area contributed by atoms with Gasteiger partial charge in [0, 0.05) is 13.5 Å². The highest BCUT2D eigenvalue weighted by molar-refractivity contribution is 7.85. The van der Waals surface area contributed by atoms with Crippen LogP contribution in [0.2, 0.25) is 0 Å². The Morgan fingerprint density at radius 3 is 2.35 bits per heavy atom. The molecule has 1 aromatic carbocycles. The van der Waals surface area contributed by atoms with E-state index in [1.54, 1.807) is 19.1 Å². The van der Waals surface area contributed by atoms with Crippen molar-refractivity contribution in [2.24, 2.45) is 0 Å². The summed E-state index contributed by atoms with van der Waals surface area (Å²) < 4.78 is 39.9. The molecule has 3 N–H and O–H groups in total. The maximum absolute atomic E-state index is 11.5. The van der Waals surface area contributed by atoms with Crippen molar-refractivity contribution in [2.75, 3.05) is 12.4 Å². The molecule has 10 heteroatoms. The van der Waals surface area contributed by atoms with E-state index < -0.39 is 40.6 Å². The first-order valence-corrected chi connectivity index (χ1v) is 9.53. The van der Waals surface area contributed by atoms with Crippen LogP contribution in [0.4, 0.5) is 0 Å². The molecule has 0 aliphatic carbocycles. The monoisotopic (exact) mass is 389 g/mol. The van der Waals surface area contributed by atoms with Gasteiger partial charge in [-0.15, -0.1) is 0 Å². The zero-order valence-electron chi connectivity index (χ0n) is 14.5. The molecule has 26 heavy (non-hydrogen) atoms. The average molecular weight is 389 g/mol. The van der Waals surface area contributed by atoms with E-state index in [-0.39, 0.29) is 24.7 Å². The molecule has 0 saturated carbocycles. The fraction of sp³-hybridized carbons (Fsp3) is 0.500. The zero-order valence-corrected chi connectivity index (χ0v) is 15.4. The number of benzene rings is 1. The highest BCUT2D eigenvalue weighted by Crippen LogP contribution is 2.15. The second-order valence-corrected chi connectivity index (χ2v) is 7.08. The van der Waals surface area contributed by atoms with Crippen LogP contribution in [0.25, 0.3) is 0 Å². The Hall–Kier alpha value is -2.01. The summed E-state index contributed by atoms with van der Waals surface area (Å²) in [6.07, 6.45) is -1.34. The molecular formula is C16H23NO8S. The molecule has 1 amide bonds. The third-order valence-electron chi connectivity index (χ3n) is 3.25. The summed E-state index contributed by atoms with van der Waals surface area (Å²) in [5, 5.41) is 12.6. The minimum Gasteiger partial charge on any atom is -0.427 e. The number of ether oxygens (including phenoxy) is 2. The molecule has 0 radical (unpaired) electrons. The standard InChI is InChI=1S/C16H23NO8S/c1-3-24-16(20)14(17-11(2)18)10-12-4-6-13(7-5-12)25-15(19)8-9-26(21,22)23/h4-7,14,16,20H,3,8-10H2,1-2H3,(H,17,18)(H,21,22,23). The Kier molecular flexibility index (Phi) is 8.66. The number of nitrogens with one attached hydrogen (secondary N) is 1. The molecule has 1 aromatic rings. The van der Waals surface area contributed by atoms with E-state index in [0.717, 1.165) is 5.56 Å². The molecule has 0 bridgehead atoms. The average Bonchev–Trinajstić information content (AvgIpc) is 2.53. The number of aliphatic hydroxyl groups is 1. The van der Waals surface area contributed by atoms with Gasteiger partial charge in [-0.2, -0.15) is 8.42 Å². The molecule has 0 aliphatic heterocycles. The van der Waals surface area contributed by atoms with Crippen molar-refractivity contribution in [2.45, 2.75) is 39.0 Å². The van der Waals surface area contributed by atoms with Gasteiger partial charge >= 0.3 is 5.97 Å². The summed E-state index contributed by atoms with van der Waals surface area (Å²) in [6, 6.07) is 5.63. The predicted molar refractivity (Wildman–Crippen MR) is 92.1 cm³/mol. The zero-order chi connectivity index (χ0) is 19.7. The van der Waals surface area contributed by atoms with Gasteiger partial charge in [-0.3, -0.25) is 14.1 Å². The molecule has 2 unspecified atom stereocenters. The third kappa shape index (κ3) is 8.90. The summed E-state index contributed by atoms with van der Waals surface area (Å²) in [7, 11) is -4.23. The van der Waals surface area contributed by atoms with Gasteiger partial charge in [0.2, 0.25) is 5.91 Å². The molecule has 0 aromatic heterocycles. The number of hydrogen-bond donors (Lipinski definition) is 3.